The Morgan fingerprint density at radius 1 is 1.23 bits per heavy atom. The summed E-state index contributed by atoms with van der Waals surface area (Å²) in [5, 5.41) is 3.80. The molecule has 5 nitrogen and oxygen atoms in total. The fourth-order valence-electron chi connectivity index (χ4n) is 2.56. The standard InChI is InChI=1S/C18H15F3N4O/c1-12-5-4-6-13(9-12)10-22-24-16(26)11-25-15-8-3-2-7-14(15)23-17(25)18(19,20)21/h2-10H,11H2,1H3,(H,24,26). The zero-order chi connectivity index (χ0) is 18.7. The van der Waals surface area contributed by atoms with E-state index in [9.17, 15) is 18.0 Å². The van der Waals surface area contributed by atoms with E-state index < -0.39 is 24.5 Å². The van der Waals surface area contributed by atoms with Crippen LogP contribution in [-0.4, -0.2) is 21.7 Å². The fraction of sp³-hybridized carbons (Fsp3) is 0.167. The minimum absolute atomic E-state index is 0.177. The molecule has 0 radical (unpaired) electrons. The van der Waals surface area contributed by atoms with Crippen molar-refractivity contribution in [2.24, 2.45) is 5.10 Å². The number of aromatic nitrogens is 2. The van der Waals surface area contributed by atoms with Crippen LogP contribution in [0.1, 0.15) is 17.0 Å². The molecule has 0 saturated heterocycles. The smallest absolute Gasteiger partial charge is 0.311 e. The van der Waals surface area contributed by atoms with Gasteiger partial charge in [0.15, 0.2) is 0 Å². The minimum Gasteiger partial charge on any atom is -0.311 e. The zero-order valence-corrected chi connectivity index (χ0v) is 13.8. The lowest BCUT2D eigenvalue weighted by atomic mass is 10.2. The molecule has 1 amide bonds. The van der Waals surface area contributed by atoms with Gasteiger partial charge in [0.05, 0.1) is 17.2 Å². The summed E-state index contributed by atoms with van der Waals surface area (Å²) in [6.07, 6.45) is -3.23. The van der Waals surface area contributed by atoms with Gasteiger partial charge in [-0.25, -0.2) is 10.4 Å². The number of amides is 1. The van der Waals surface area contributed by atoms with Crippen molar-refractivity contribution in [3.63, 3.8) is 0 Å². The van der Waals surface area contributed by atoms with Crippen LogP contribution in [0.2, 0.25) is 0 Å². The lowest BCUT2D eigenvalue weighted by Crippen LogP contribution is -2.26. The third kappa shape index (κ3) is 3.90. The van der Waals surface area contributed by atoms with E-state index in [1.165, 1.54) is 18.3 Å². The van der Waals surface area contributed by atoms with E-state index in [1.807, 2.05) is 25.1 Å². The first-order chi connectivity index (χ1) is 12.3. The maximum atomic E-state index is 13.2. The van der Waals surface area contributed by atoms with E-state index in [0.717, 1.165) is 15.7 Å². The number of nitrogens with zero attached hydrogens (tertiary/aromatic N) is 3. The molecule has 0 fully saturated rings. The van der Waals surface area contributed by atoms with Gasteiger partial charge >= 0.3 is 6.18 Å². The number of carbonyl (C=O) groups is 1. The van der Waals surface area contributed by atoms with Crippen LogP contribution in [0.15, 0.2) is 53.6 Å². The number of imidazole rings is 1. The zero-order valence-electron chi connectivity index (χ0n) is 13.8. The number of carbonyl (C=O) groups excluding carboxylic acids is 1. The molecular weight excluding hydrogens is 345 g/mol. The molecule has 0 aliphatic rings. The third-order valence-corrected chi connectivity index (χ3v) is 3.65. The highest BCUT2D eigenvalue weighted by molar-refractivity contribution is 5.84. The molecule has 0 aliphatic heterocycles. The Labute approximate surface area is 147 Å². The molecule has 0 aliphatic carbocycles. The molecule has 0 saturated carbocycles. The van der Waals surface area contributed by atoms with Gasteiger partial charge < -0.3 is 4.57 Å². The fourth-order valence-corrected chi connectivity index (χ4v) is 2.56. The van der Waals surface area contributed by atoms with Crippen molar-refractivity contribution in [3.8, 4) is 0 Å². The maximum absolute atomic E-state index is 13.2. The molecule has 2 aromatic carbocycles. The van der Waals surface area contributed by atoms with Gasteiger partial charge in [0.1, 0.15) is 6.54 Å². The first-order valence-corrected chi connectivity index (χ1v) is 7.75. The highest BCUT2D eigenvalue weighted by atomic mass is 19.4. The number of para-hydroxylation sites is 2. The topological polar surface area (TPSA) is 59.3 Å². The molecule has 134 valence electrons. The second kappa shape index (κ2) is 6.99. The molecule has 1 N–H and O–H groups in total. The van der Waals surface area contributed by atoms with Crippen molar-refractivity contribution >= 4 is 23.2 Å². The number of rotatable bonds is 4. The van der Waals surface area contributed by atoms with E-state index in [4.69, 9.17) is 0 Å². The van der Waals surface area contributed by atoms with Gasteiger partial charge in [-0.1, -0.05) is 42.0 Å². The summed E-state index contributed by atoms with van der Waals surface area (Å²) in [6, 6.07) is 13.6. The Morgan fingerprint density at radius 3 is 2.73 bits per heavy atom. The predicted molar refractivity (Wildman–Crippen MR) is 91.7 cm³/mol. The molecule has 0 unspecified atom stereocenters. The van der Waals surface area contributed by atoms with Crippen molar-refractivity contribution in [1.82, 2.24) is 15.0 Å². The van der Waals surface area contributed by atoms with Crippen LogP contribution in [0, 0.1) is 6.92 Å². The van der Waals surface area contributed by atoms with Crippen LogP contribution in [0.5, 0.6) is 0 Å². The molecule has 1 heterocycles. The summed E-state index contributed by atoms with van der Waals surface area (Å²) in [5.74, 6) is -1.79. The van der Waals surface area contributed by atoms with Crippen LogP contribution in [0.25, 0.3) is 11.0 Å². The average Bonchev–Trinajstić information content (AvgIpc) is 2.94. The highest BCUT2D eigenvalue weighted by Gasteiger charge is 2.37. The van der Waals surface area contributed by atoms with Crippen molar-refractivity contribution in [1.29, 1.82) is 0 Å². The van der Waals surface area contributed by atoms with Gasteiger partial charge in [-0.2, -0.15) is 18.3 Å². The average molecular weight is 360 g/mol. The van der Waals surface area contributed by atoms with Gasteiger partial charge in [-0.15, -0.1) is 0 Å². The largest absolute Gasteiger partial charge is 0.449 e. The quantitative estimate of drug-likeness (QED) is 0.572. The number of hydrogen-bond donors (Lipinski definition) is 1. The molecule has 26 heavy (non-hydrogen) atoms. The third-order valence-electron chi connectivity index (χ3n) is 3.65. The Morgan fingerprint density at radius 2 is 2.00 bits per heavy atom. The minimum atomic E-state index is -4.66. The van der Waals surface area contributed by atoms with Crippen molar-refractivity contribution in [2.75, 3.05) is 0 Å². The van der Waals surface area contributed by atoms with E-state index in [2.05, 4.69) is 15.5 Å². The number of hydrazone groups is 1. The summed E-state index contributed by atoms with van der Waals surface area (Å²) in [6.45, 7) is 1.37. The molecule has 3 aromatic rings. The number of benzene rings is 2. The first-order valence-electron chi connectivity index (χ1n) is 7.75. The van der Waals surface area contributed by atoms with Crippen LogP contribution < -0.4 is 5.43 Å². The van der Waals surface area contributed by atoms with E-state index in [-0.39, 0.29) is 11.0 Å². The summed E-state index contributed by atoms with van der Waals surface area (Å²) < 4.78 is 40.5. The summed E-state index contributed by atoms with van der Waals surface area (Å²) in [5.41, 5.74) is 4.46. The van der Waals surface area contributed by atoms with Gasteiger partial charge in [0.2, 0.25) is 5.82 Å². The Hall–Kier alpha value is -3.16. The number of nitrogens with one attached hydrogen (secondary N) is 1. The maximum Gasteiger partial charge on any atom is 0.449 e. The second-order valence-electron chi connectivity index (χ2n) is 5.72. The number of hydrogen-bond acceptors (Lipinski definition) is 3. The number of aryl methyl sites for hydroxylation is 1. The molecule has 0 bridgehead atoms. The molecule has 0 spiro atoms. The van der Waals surface area contributed by atoms with E-state index >= 15 is 0 Å². The SMILES string of the molecule is Cc1cccc(C=NNC(=O)Cn2c(C(F)(F)F)nc3ccccc32)c1. The van der Waals surface area contributed by atoms with Gasteiger partial charge in [-0.05, 0) is 24.6 Å². The second-order valence-corrected chi connectivity index (χ2v) is 5.72. The van der Waals surface area contributed by atoms with Crippen molar-refractivity contribution < 1.29 is 18.0 Å². The van der Waals surface area contributed by atoms with Gasteiger partial charge in [0, 0.05) is 0 Å². The summed E-state index contributed by atoms with van der Waals surface area (Å²) in [4.78, 5) is 15.6. The molecule has 3 rings (SSSR count). The van der Waals surface area contributed by atoms with Gasteiger partial charge in [-0.3, -0.25) is 4.79 Å². The number of halogens is 3. The molecule has 0 atom stereocenters. The van der Waals surface area contributed by atoms with Crippen LogP contribution in [0.3, 0.4) is 0 Å². The Kier molecular flexibility index (Phi) is 4.75. The van der Waals surface area contributed by atoms with Crippen LogP contribution >= 0.6 is 0 Å². The normalized spacial score (nSPS) is 12.0. The summed E-state index contributed by atoms with van der Waals surface area (Å²) in [7, 11) is 0. The van der Waals surface area contributed by atoms with Crippen molar-refractivity contribution in [2.45, 2.75) is 19.6 Å². The van der Waals surface area contributed by atoms with E-state index in [0.29, 0.717) is 0 Å². The molecule has 1 aromatic heterocycles. The Balaban J connectivity index is 1.79. The predicted octanol–water partition coefficient (Wildman–Crippen LogP) is 3.51. The van der Waals surface area contributed by atoms with Gasteiger partial charge in [0.25, 0.3) is 5.91 Å². The number of fused-ring (bicyclic) bond motifs is 1. The lowest BCUT2D eigenvalue weighted by Gasteiger charge is -2.10. The van der Waals surface area contributed by atoms with Crippen LogP contribution in [0.4, 0.5) is 13.2 Å². The number of alkyl halides is 3. The van der Waals surface area contributed by atoms with Crippen molar-refractivity contribution in [3.05, 3.63) is 65.5 Å². The highest BCUT2D eigenvalue weighted by Crippen LogP contribution is 2.31. The molecule has 8 heteroatoms. The lowest BCUT2D eigenvalue weighted by molar-refractivity contribution is -0.147. The first kappa shape index (κ1) is 17.7. The Bertz CT molecular complexity index is 976. The van der Waals surface area contributed by atoms with Crippen LogP contribution in [-0.2, 0) is 17.5 Å². The van der Waals surface area contributed by atoms with E-state index in [1.54, 1.807) is 18.2 Å². The molecular formula is C18H15F3N4O. The summed E-state index contributed by atoms with van der Waals surface area (Å²) >= 11 is 0. The monoisotopic (exact) mass is 360 g/mol.